The van der Waals surface area contributed by atoms with Crippen LogP contribution in [0.2, 0.25) is 0 Å². The van der Waals surface area contributed by atoms with Crippen LogP contribution in [0.25, 0.3) is 0 Å². The SMILES string of the molecule is CC(=O)Nc1cccc(NC(=O)CCN2CCN(c3cccc(C)c3)CC2)c1. The lowest BCUT2D eigenvalue weighted by atomic mass is 10.2. The number of amides is 2. The molecule has 1 fully saturated rings. The highest BCUT2D eigenvalue weighted by Gasteiger charge is 2.18. The summed E-state index contributed by atoms with van der Waals surface area (Å²) in [6.45, 7) is 8.19. The van der Waals surface area contributed by atoms with Crippen molar-refractivity contribution in [1.29, 1.82) is 0 Å². The Morgan fingerprint density at radius 3 is 2.29 bits per heavy atom. The van der Waals surface area contributed by atoms with Gasteiger partial charge in [0.1, 0.15) is 0 Å². The van der Waals surface area contributed by atoms with Crippen molar-refractivity contribution < 1.29 is 9.59 Å². The van der Waals surface area contributed by atoms with Crippen molar-refractivity contribution in [2.24, 2.45) is 0 Å². The molecule has 0 radical (unpaired) electrons. The number of nitrogens with one attached hydrogen (secondary N) is 2. The van der Waals surface area contributed by atoms with E-state index in [1.807, 2.05) is 12.1 Å². The standard InChI is InChI=1S/C22H28N4O2/c1-17-5-3-8-21(15-17)26-13-11-25(12-14-26)10-9-22(28)24-20-7-4-6-19(16-20)23-18(2)27/h3-8,15-16H,9-14H2,1-2H3,(H,23,27)(H,24,28). The average molecular weight is 380 g/mol. The van der Waals surface area contributed by atoms with Gasteiger partial charge in [0.25, 0.3) is 0 Å². The number of benzene rings is 2. The lowest BCUT2D eigenvalue weighted by molar-refractivity contribution is -0.116. The van der Waals surface area contributed by atoms with Gasteiger partial charge in [-0.05, 0) is 42.8 Å². The first kappa shape index (κ1) is 19.9. The third kappa shape index (κ3) is 5.82. The second-order valence-corrected chi connectivity index (χ2v) is 7.23. The fourth-order valence-electron chi connectivity index (χ4n) is 3.42. The van der Waals surface area contributed by atoms with Crippen molar-refractivity contribution >= 4 is 28.9 Å². The fraction of sp³-hybridized carbons (Fsp3) is 0.364. The normalized spacial score (nSPS) is 14.6. The van der Waals surface area contributed by atoms with E-state index in [2.05, 4.69) is 51.6 Å². The number of anilines is 3. The Bertz CT molecular complexity index is 829. The molecule has 1 heterocycles. The van der Waals surface area contributed by atoms with E-state index in [-0.39, 0.29) is 11.8 Å². The van der Waals surface area contributed by atoms with Crippen LogP contribution in [0.1, 0.15) is 18.9 Å². The van der Waals surface area contributed by atoms with E-state index in [0.29, 0.717) is 17.8 Å². The summed E-state index contributed by atoms with van der Waals surface area (Å²) in [6.07, 6.45) is 0.453. The number of nitrogens with zero attached hydrogens (tertiary/aromatic N) is 2. The van der Waals surface area contributed by atoms with Gasteiger partial charge in [-0.2, -0.15) is 0 Å². The van der Waals surface area contributed by atoms with E-state index in [1.165, 1.54) is 18.2 Å². The van der Waals surface area contributed by atoms with Crippen LogP contribution in [0.4, 0.5) is 17.1 Å². The first-order chi connectivity index (χ1) is 13.5. The monoisotopic (exact) mass is 380 g/mol. The Morgan fingerprint density at radius 1 is 0.929 bits per heavy atom. The van der Waals surface area contributed by atoms with Crippen molar-refractivity contribution in [1.82, 2.24) is 4.90 Å². The largest absolute Gasteiger partial charge is 0.369 e. The minimum Gasteiger partial charge on any atom is -0.369 e. The molecule has 28 heavy (non-hydrogen) atoms. The zero-order chi connectivity index (χ0) is 19.9. The summed E-state index contributed by atoms with van der Waals surface area (Å²) >= 11 is 0. The Morgan fingerprint density at radius 2 is 1.61 bits per heavy atom. The molecule has 2 amide bonds. The van der Waals surface area contributed by atoms with Crippen LogP contribution in [-0.2, 0) is 9.59 Å². The Labute approximate surface area is 166 Å². The van der Waals surface area contributed by atoms with Crippen molar-refractivity contribution in [3.05, 3.63) is 54.1 Å². The average Bonchev–Trinajstić information content (AvgIpc) is 2.66. The number of aryl methyl sites for hydroxylation is 1. The van der Waals surface area contributed by atoms with E-state index in [0.717, 1.165) is 32.7 Å². The summed E-state index contributed by atoms with van der Waals surface area (Å²) in [4.78, 5) is 28.2. The highest BCUT2D eigenvalue weighted by molar-refractivity contribution is 5.93. The third-order valence-corrected chi connectivity index (χ3v) is 4.86. The molecule has 0 aliphatic carbocycles. The molecule has 2 aromatic carbocycles. The van der Waals surface area contributed by atoms with Gasteiger partial charge in [-0.1, -0.05) is 18.2 Å². The number of carbonyl (C=O) groups excluding carboxylic acids is 2. The molecule has 1 saturated heterocycles. The first-order valence-corrected chi connectivity index (χ1v) is 9.71. The van der Waals surface area contributed by atoms with Gasteiger partial charge in [-0.25, -0.2) is 0 Å². The van der Waals surface area contributed by atoms with Gasteiger partial charge < -0.3 is 15.5 Å². The summed E-state index contributed by atoms with van der Waals surface area (Å²) in [5.41, 5.74) is 3.92. The van der Waals surface area contributed by atoms with E-state index >= 15 is 0 Å². The third-order valence-electron chi connectivity index (χ3n) is 4.86. The summed E-state index contributed by atoms with van der Waals surface area (Å²) in [7, 11) is 0. The minimum atomic E-state index is -0.131. The lowest BCUT2D eigenvalue weighted by Crippen LogP contribution is -2.47. The molecule has 0 saturated carbocycles. The smallest absolute Gasteiger partial charge is 0.225 e. The number of carbonyl (C=O) groups is 2. The molecular weight excluding hydrogens is 352 g/mol. The highest BCUT2D eigenvalue weighted by atomic mass is 16.2. The van der Waals surface area contributed by atoms with Crippen molar-refractivity contribution in [2.45, 2.75) is 20.3 Å². The van der Waals surface area contributed by atoms with Crippen LogP contribution in [0.15, 0.2) is 48.5 Å². The van der Waals surface area contributed by atoms with Gasteiger partial charge in [-0.15, -0.1) is 0 Å². The molecule has 0 aromatic heterocycles. The molecule has 0 bridgehead atoms. The van der Waals surface area contributed by atoms with E-state index < -0.39 is 0 Å². The Balaban J connectivity index is 1.43. The van der Waals surface area contributed by atoms with Gasteiger partial charge in [0, 0.05) is 63.1 Å². The predicted molar refractivity (Wildman–Crippen MR) is 114 cm³/mol. The molecule has 0 unspecified atom stereocenters. The summed E-state index contributed by atoms with van der Waals surface area (Å²) < 4.78 is 0. The van der Waals surface area contributed by atoms with Crippen molar-refractivity contribution in [2.75, 3.05) is 48.3 Å². The van der Waals surface area contributed by atoms with Gasteiger partial charge in [0.15, 0.2) is 0 Å². The Hall–Kier alpha value is -2.86. The zero-order valence-electron chi connectivity index (χ0n) is 16.6. The second-order valence-electron chi connectivity index (χ2n) is 7.23. The predicted octanol–water partition coefficient (Wildman–Crippen LogP) is 3.10. The van der Waals surface area contributed by atoms with E-state index in [9.17, 15) is 9.59 Å². The number of rotatable bonds is 6. The maximum absolute atomic E-state index is 12.3. The maximum Gasteiger partial charge on any atom is 0.225 e. The minimum absolute atomic E-state index is 0.0129. The molecule has 0 spiro atoms. The fourth-order valence-corrected chi connectivity index (χ4v) is 3.42. The molecular formula is C22H28N4O2. The van der Waals surface area contributed by atoms with Gasteiger partial charge in [-0.3, -0.25) is 14.5 Å². The Kier molecular flexibility index (Phi) is 6.66. The molecule has 0 atom stereocenters. The molecule has 148 valence electrons. The summed E-state index contributed by atoms with van der Waals surface area (Å²) in [6, 6.07) is 15.8. The lowest BCUT2D eigenvalue weighted by Gasteiger charge is -2.36. The van der Waals surface area contributed by atoms with Crippen molar-refractivity contribution in [3.8, 4) is 0 Å². The molecule has 1 aliphatic rings. The van der Waals surface area contributed by atoms with Gasteiger partial charge in [0.05, 0.1) is 0 Å². The molecule has 3 rings (SSSR count). The van der Waals surface area contributed by atoms with Gasteiger partial charge >= 0.3 is 0 Å². The molecule has 6 heteroatoms. The molecule has 2 N–H and O–H groups in total. The van der Waals surface area contributed by atoms with E-state index in [1.54, 1.807) is 12.1 Å². The van der Waals surface area contributed by atoms with Crippen LogP contribution >= 0.6 is 0 Å². The van der Waals surface area contributed by atoms with Crippen LogP contribution in [0.5, 0.6) is 0 Å². The molecule has 1 aliphatic heterocycles. The van der Waals surface area contributed by atoms with Crippen LogP contribution in [0.3, 0.4) is 0 Å². The van der Waals surface area contributed by atoms with Crippen LogP contribution in [-0.4, -0.2) is 49.4 Å². The summed E-state index contributed by atoms with van der Waals surface area (Å²) in [5.74, 6) is -0.144. The van der Waals surface area contributed by atoms with Gasteiger partial charge in [0.2, 0.25) is 11.8 Å². The number of hydrogen-bond acceptors (Lipinski definition) is 4. The maximum atomic E-state index is 12.3. The topological polar surface area (TPSA) is 64.7 Å². The molecule has 2 aromatic rings. The highest BCUT2D eigenvalue weighted by Crippen LogP contribution is 2.18. The zero-order valence-corrected chi connectivity index (χ0v) is 16.6. The first-order valence-electron chi connectivity index (χ1n) is 9.71. The van der Waals surface area contributed by atoms with Crippen molar-refractivity contribution in [3.63, 3.8) is 0 Å². The van der Waals surface area contributed by atoms with E-state index in [4.69, 9.17) is 0 Å². The molecule has 6 nitrogen and oxygen atoms in total. The summed E-state index contributed by atoms with van der Waals surface area (Å²) in [5, 5.41) is 5.63. The number of piperazine rings is 1. The van der Waals surface area contributed by atoms with Crippen LogP contribution in [0, 0.1) is 6.92 Å². The quantitative estimate of drug-likeness (QED) is 0.808. The van der Waals surface area contributed by atoms with Crippen LogP contribution < -0.4 is 15.5 Å². The number of hydrogen-bond donors (Lipinski definition) is 2. The second kappa shape index (κ2) is 9.37.